The zero-order valence-electron chi connectivity index (χ0n) is 10.1. The van der Waals surface area contributed by atoms with E-state index in [2.05, 4.69) is 0 Å². The van der Waals surface area contributed by atoms with Crippen molar-refractivity contribution in [2.75, 3.05) is 6.61 Å². The third-order valence-corrected chi connectivity index (χ3v) is 2.66. The Morgan fingerprint density at radius 2 is 2.12 bits per heavy atom. The Morgan fingerprint density at radius 1 is 1.41 bits per heavy atom. The molecule has 0 spiro atoms. The summed E-state index contributed by atoms with van der Waals surface area (Å²) < 4.78 is 5.32. The van der Waals surface area contributed by atoms with Gasteiger partial charge in [-0.3, -0.25) is 9.59 Å². The molecule has 1 aromatic rings. The van der Waals surface area contributed by atoms with Crippen molar-refractivity contribution in [1.82, 2.24) is 0 Å². The molecule has 2 N–H and O–H groups in total. The van der Waals surface area contributed by atoms with Gasteiger partial charge in [-0.05, 0) is 24.6 Å². The number of primary amides is 1. The Bertz CT molecular complexity index is 415. The molecule has 0 aromatic heterocycles. The van der Waals surface area contributed by atoms with Crippen LogP contribution in [0.15, 0.2) is 24.3 Å². The molecule has 0 saturated carbocycles. The fourth-order valence-electron chi connectivity index (χ4n) is 1.26. The van der Waals surface area contributed by atoms with Gasteiger partial charge < -0.3 is 10.5 Å². The van der Waals surface area contributed by atoms with Gasteiger partial charge in [0.05, 0.1) is 0 Å². The predicted molar refractivity (Wildman–Crippen MR) is 64.9 cm³/mol. The molecule has 0 radical (unpaired) electrons. The van der Waals surface area contributed by atoms with Crippen LogP contribution in [0.25, 0.3) is 0 Å². The molecule has 1 amide bonds. The quantitative estimate of drug-likeness (QED) is 0.817. The van der Waals surface area contributed by atoms with Crippen molar-refractivity contribution in [2.24, 2.45) is 11.7 Å². The van der Waals surface area contributed by atoms with Crippen LogP contribution in [0, 0.1) is 5.92 Å². The lowest BCUT2D eigenvalue weighted by Crippen LogP contribution is -2.19. The maximum atomic E-state index is 11.5. The summed E-state index contributed by atoms with van der Waals surface area (Å²) in [7, 11) is 0. The maximum absolute atomic E-state index is 11.5. The summed E-state index contributed by atoms with van der Waals surface area (Å²) in [6.45, 7) is 3.85. The summed E-state index contributed by atoms with van der Waals surface area (Å²) in [6, 6.07) is 6.50. The Kier molecular flexibility index (Phi) is 4.69. The molecule has 0 fully saturated rings. The number of hydrogen-bond donors (Lipinski definition) is 1. The minimum absolute atomic E-state index is 0.00526. The highest BCUT2D eigenvalue weighted by Crippen LogP contribution is 2.13. The predicted octanol–water partition coefficient (Wildman–Crippen LogP) is 1.78. The molecule has 0 aliphatic heterocycles. The molecule has 0 aliphatic carbocycles. The molecule has 17 heavy (non-hydrogen) atoms. The molecule has 1 unspecified atom stereocenters. The van der Waals surface area contributed by atoms with Crippen molar-refractivity contribution >= 4 is 11.7 Å². The first-order chi connectivity index (χ1) is 8.04. The van der Waals surface area contributed by atoms with E-state index in [0.29, 0.717) is 11.3 Å². The van der Waals surface area contributed by atoms with Crippen LogP contribution >= 0.6 is 0 Å². The molecule has 1 rings (SSSR count). The summed E-state index contributed by atoms with van der Waals surface area (Å²) >= 11 is 0. The first-order valence-corrected chi connectivity index (χ1v) is 5.60. The van der Waals surface area contributed by atoms with Gasteiger partial charge in [0.2, 0.25) is 5.91 Å². The standard InChI is InChI=1S/C13H17NO3/c1-3-9(2)12(15)8-17-11-6-4-5-10(7-11)13(14)16/h4-7,9H,3,8H2,1-2H3,(H2,14,16). The lowest BCUT2D eigenvalue weighted by atomic mass is 10.0. The summed E-state index contributed by atoms with van der Waals surface area (Å²) in [5, 5.41) is 0. The second kappa shape index (κ2) is 6.03. The van der Waals surface area contributed by atoms with Crippen LogP contribution in [0.2, 0.25) is 0 Å². The normalized spacial score (nSPS) is 11.9. The molecule has 1 atom stereocenters. The number of ketones is 1. The van der Waals surface area contributed by atoms with Crippen LogP contribution in [-0.2, 0) is 4.79 Å². The fraction of sp³-hybridized carbons (Fsp3) is 0.385. The SMILES string of the molecule is CCC(C)C(=O)COc1cccc(C(N)=O)c1. The number of rotatable bonds is 6. The molecule has 0 aliphatic rings. The lowest BCUT2D eigenvalue weighted by molar-refractivity contribution is -0.124. The van der Waals surface area contributed by atoms with E-state index in [4.69, 9.17) is 10.5 Å². The van der Waals surface area contributed by atoms with E-state index in [-0.39, 0.29) is 18.3 Å². The molecule has 4 nitrogen and oxygen atoms in total. The molecule has 4 heteroatoms. The summed E-state index contributed by atoms with van der Waals surface area (Å²) in [6.07, 6.45) is 0.795. The molecular weight excluding hydrogens is 218 g/mol. The van der Waals surface area contributed by atoms with Crippen LogP contribution in [0.5, 0.6) is 5.75 Å². The molecule has 0 heterocycles. The molecule has 1 aromatic carbocycles. The van der Waals surface area contributed by atoms with Gasteiger partial charge in [0.1, 0.15) is 12.4 Å². The minimum atomic E-state index is -0.510. The first-order valence-electron chi connectivity index (χ1n) is 5.60. The second-order valence-corrected chi connectivity index (χ2v) is 3.96. The van der Waals surface area contributed by atoms with E-state index >= 15 is 0 Å². The molecule has 0 saturated heterocycles. The first kappa shape index (κ1) is 13.2. The molecular formula is C13H17NO3. The van der Waals surface area contributed by atoms with Gasteiger partial charge in [-0.2, -0.15) is 0 Å². The smallest absolute Gasteiger partial charge is 0.248 e. The average molecular weight is 235 g/mol. The van der Waals surface area contributed by atoms with Crippen LogP contribution in [-0.4, -0.2) is 18.3 Å². The third kappa shape index (κ3) is 3.90. The third-order valence-electron chi connectivity index (χ3n) is 2.66. The van der Waals surface area contributed by atoms with Crippen LogP contribution in [0.4, 0.5) is 0 Å². The zero-order valence-corrected chi connectivity index (χ0v) is 10.1. The van der Waals surface area contributed by atoms with E-state index in [1.54, 1.807) is 18.2 Å². The van der Waals surface area contributed by atoms with Gasteiger partial charge in [-0.1, -0.05) is 19.9 Å². The highest BCUT2D eigenvalue weighted by atomic mass is 16.5. The van der Waals surface area contributed by atoms with E-state index in [9.17, 15) is 9.59 Å². The van der Waals surface area contributed by atoms with Crippen molar-refractivity contribution in [3.8, 4) is 5.75 Å². The van der Waals surface area contributed by atoms with Crippen molar-refractivity contribution in [2.45, 2.75) is 20.3 Å². The van der Waals surface area contributed by atoms with E-state index < -0.39 is 5.91 Å². The van der Waals surface area contributed by atoms with Gasteiger partial charge >= 0.3 is 0 Å². The van der Waals surface area contributed by atoms with Crippen LogP contribution in [0.3, 0.4) is 0 Å². The number of carbonyl (C=O) groups is 2. The van der Waals surface area contributed by atoms with Gasteiger partial charge in [0.25, 0.3) is 0 Å². The Labute approximate surface area is 101 Å². The highest BCUT2D eigenvalue weighted by molar-refractivity contribution is 5.93. The van der Waals surface area contributed by atoms with Crippen molar-refractivity contribution in [1.29, 1.82) is 0 Å². The molecule has 0 bridgehead atoms. The fourth-order valence-corrected chi connectivity index (χ4v) is 1.26. The minimum Gasteiger partial charge on any atom is -0.486 e. The topological polar surface area (TPSA) is 69.4 Å². The van der Waals surface area contributed by atoms with Crippen molar-refractivity contribution in [3.63, 3.8) is 0 Å². The van der Waals surface area contributed by atoms with Crippen molar-refractivity contribution < 1.29 is 14.3 Å². The Balaban J connectivity index is 2.60. The van der Waals surface area contributed by atoms with Gasteiger partial charge in [-0.15, -0.1) is 0 Å². The van der Waals surface area contributed by atoms with Gasteiger partial charge in [0.15, 0.2) is 5.78 Å². The lowest BCUT2D eigenvalue weighted by Gasteiger charge is -2.09. The zero-order chi connectivity index (χ0) is 12.8. The van der Waals surface area contributed by atoms with E-state index in [1.165, 1.54) is 6.07 Å². The summed E-state index contributed by atoms with van der Waals surface area (Å²) in [5.41, 5.74) is 5.52. The number of benzene rings is 1. The number of carbonyl (C=O) groups excluding carboxylic acids is 2. The number of ether oxygens (including phenoxy) is 1. The summed E-state index contributed by atoms with van der Waals surface area (Å²) in [5.74, 6) is 0.0213. The number of hydrogen-bond acceptors (Lipinski definition) is 3. The van der Waals surface area contributed by atoms with Gasteiger partial charge in [-0.25, -0.2) is 0 Å². The Hall–Kier alpha value is -1.84. The Morgan fingerprint density at radius 3 is 2.71 bits per heavy atom. The number of amides is 1. The van der Waals surface area contributed by atoms with E-state index in [1.807, 2.05) is 13.8 Å². The second-order valence-electron chi connectivity index (χ2n) is 3.96. The average Bonchev–Trinajstić information content (AvgIpc) is 2.35. The number of Topliss-reactive ketones (excluding diaryl/α,β-unsaturated/α-hetero) is 1. The van der Waals surface area contributed by atoms with E-state index in [0.717, 1.165) is 6.42 Å². The summed E-state index contributed by atoms with van der Waals surface area (Å²) in [4.78, 5) is 22.5. The maximum Gasteiger partial charge on any atom is 0.248 e. The van der Waals surface area contributed by atoms with Crippen molar-refractivity contribution in [3.05, 3.63) is 29.8 Å². The van der Waals surface area contributed by atoms with Gasteiger partial charge in [0, 0.05) is 11.5 Å². The molecule has 92 valence electrons. The van der Waals surface area contributed by atoms with Crippen LogP contribution < -0.4 is 10.5 Å². The van der Waals surface area contributed by atoms with Crippen LogP contribution in [0.1, 0.15) is 30.6 Å². The monoisotopic (exact) mass is 235 g/mol. The largest absolute Gasteiger partial charge is 0.486 e. The number of nitrogens with two attached hydrogens (primary N) is 1. The highest BCUT2D eigenvalue weighted by Gasteiger charge is 2.11.